The Bertz CT molecular complexity index is 693. The Morgan fingerprint density at radius 1 is 1.17 bits per heavy atom. The van der Waals surface area contributed by atoms with Gasteiger partial charge in [-0.25, -0.2) is 9.97 Å². The number of nitrogens with zero attached hydrogens (tertiary/aromatic N) is 6. The predicted octanol–water partition coefficient (Wildman–Crippen LogP) is 1.29. The van der Waals surface area contributed by atoms with E-state index in [9.17, 15) is 4.79 Å². The number of amides is 1. The van der Waals surface area contributed by atoms with Crippen molar-refractivity contribution in [2.24, 2.45) is 0 Å². The summed E-state index contributed by atoms with van der Waals surface area (Å²) in [5.41, 5.74) is 1.58. The zero-order valence-corrected chi connectivity index (χ0v) is 14.0. The van der Waals surface area contributed by atoms with E-state index in [-0.39, 0.29) is 12.5 Å². The SMILES string of the molecule is Cc1nn(CC(=O)N2CCN(c3ncccn3)CC2)c(C)c1Cl. The van der Waals surface area contributed by atoms with Gasteiger partial charge in [-0.1, -0.05) is 11.6 Å². The lowest BCUT2D eigenvalue weighted by atomic mass is 10.3. The second-order valence-corrected chi connectivity index (χ2v) is 5.94. The number of halogens is 1. The maximum atomic E-state index is 12.5. The molecule has 1 amide bonds. The third-order valence-electron chi connectivity index (χ3n) is 4.05. The van der Waals surface area contributed by atoms with Crippen LogP contribution < -0.4 is 4.90 Å². The van der Waals surface area contributed by atoms with Crippen molar-refractivity contribution < 1.29 is 4.79 Å². The van der Waals surface area contributed by atoms with Crippen LogP contribution >= 0.6 is 11.6 Å². The second-order valence-electron chi connectivity index (χ2n) is 5.56. The molecule has 0 aliphatic carbocycles. The van der Waals surface area contributed by atoms with Gasteiger partial charge in [0.05, 0.1) is 16.4 Å². The first-order valence-corrected chi connectivity index (χ1v) is 7.93. The van der Waals surface area contributed by atoms with Crippen molar-refractivity contribution in [1.82, 2.24) is 24.6 Å². The zero-order chi connectivity index (χ0) is 16.4. The van der Waals surface area contributed by atoms with Crippen LogP contribution in [0.25, 0.3) is 0 Å². The number of aromatic nitrogens is 4. The molecule has 0 bridgehead atoms. The highest BCUT2D eigenvalue weighted by atomic mass is 35.5. The summed E-state index contributed by atoms with van der Waals surface area (Å²) in [6, 6.07) is 1.79. The summed E-state index contributed by atoms with van der Waals surface area (Å²) in [7, 11) is 0. The van der Waals surface area contributed by atoms with Crippen molar-refractivity contribution in [3.63, 3.8) is 0 Å². The van der Waals surface area contributed by atoms with Crippen molar-refractivity contribution in [3.8, 4) is 0 Å². The number of rotatable bonds is 3. The molecule has 0 spiro atoms. The molecule has 0 saturated carbocycles. The molecule has 1 aliphatic heterocycles. The third-order valence-corrected chi connectivity index (χ3v) is 4.59. The van der Waals surface area contributed by atoms with Gasteiger partial charge in [0, 0.05) is 38.6 Å². The van der Waals surface area contributed by atoms with Crippen LogP contribution in [0, 0.1) is 13.8 Å². The van der Waals surface area contributed by atoms with Gasteiger partial charge in [-0.3, -0.25) is 9.48 Å². The number of carbonyl (C=O) groups excluding carboxylic acids is 1. The van der Waals surface area contributed by atoms with Gasteiger partial charge in [-0.2, -0.15) is 5.10 Å². The molecule has 7 nitrogen and oxygen atoms in total. The van der Waals surface area contributed by atoms with Crippen LogP contribution in [0.1, 0.15) is 11.4 Å². The molecule has 0 unspecified atom stereocenters. The molecule has 0 atom stereocenters. The number of hydrogen-bond acceptors (Lipinski definition) is 5. The van der Waals surface area contributed by atoms with Crippen LogP contribution in [0.4, 0.5) is 5.95 Å². The van der Waals surface area contributed by atoms with Gasteiger partial charge in [0.1, 0.15) is 6.54 Å². The smallest absolute Gasteiger partial charge is 0.244 e. The second kappa shape index (κ2) is 6.54. The van der Waals surface area contributed by atoms with E-state index in [1.54, 1.807) is 23.1 Å². The fourth-order valence-corrected chi connectivity index (χ4v) is 2.80. The van der Waals surface area contributed by atoms with Crippen LogP contribution in [-0.2, 0) is 11.3 Å². The third kappa shape index (κ3) is 3.29. The average molecular weight is 335 g/mol. The van der Waals surface area contributed by atoms with Crippen molar-refractivity contribution in [3.05, 3.63) is 34.9 Å². The number of carbonyl (C=O) groups is 1. The standard InChI is InChI=1S/C15H19ClN6O/c1-11-14(16)12(2)22(19-11)10-13(23)20-6-8-21(9-7-20)15-17-4-3-5-18-15/h3-5H,6-10H2,1-2H3. The molecular weight excluding hydrogens is 316 g/mol. The fourth-order valence-electron chi connectivity index (χ4n) is 2.67. The number of piperazine rings is 1. The van der Waals surface area contributed by atoms with E-state index in [2.05, 4.69) is 20.0 Å². The molecule has 0 radical (unpaired) electrons. The summed E-state index contributed by atoms with van der Waals surface area (Å²) >= 11 is 6.13. The van der Waals surface area contributed by atoms with Gasteiger partial charge < -0.3 is 9.80 Å². The lowest BCUT2D eigenvalue weighted by Crippen LogP contribution is -2.50. The van der Waals surface area contributed by atoms with E-state index in [0.29, 0.717) is 24.1 Å². The van der Waals surface area contributed by atoms with E-state index < -0.39 is 0 Å². The Balaban J connectivity index is 1.59. The minimum absolute atomic E-state index is 0.0564. The number of aryl methyl sites for hydroxylation is 1. The molecule has 2 aromatic heterocycles. The van der Waals surface area contributed by atoms with Gasteiger partial charge in [0.25, 0.3) is 0 Å². The molecular formula is C15H19ClN6O. The summed E-state index contributed by atoms with van der Waals surface area (Å²) in [5, 5.41) is 4.94. The quantitative estimate of drug-likeness (QED) is 0.846. The highest BCUT2D eigenvalue weighted by molar-refractivity contribution is 6.31. The van der Waals surface area contributed by atoms with E-state index in [4.69, 9.17) is 11.6 Å². The molecule has 1 saturated heterocycles. The summed E-state index contributed by atoms with van der Waals surface area (Å²) in [6.07, 6.45) is 3.46. The van der Waals surface area contributed by atoms with E-state index >= 15 is 0 Å². The van der Waals surface area contributed by atoms with Crippen molar-refractivity contribution in [2.45, 2.75) is 20.4 Å². The van der Waals surface area contributed by atoms with Crippen molar-refractivity contribution >= 4 is 23.5 Å². The molecule has 2 aromatic rings. The minimum Gasteiger partial charge on any atom is -0.338 e. The predicted molar refractivity (Wildman–Crippen MR) is 87.5 cm³/mol. The van der Waals surface area contributed by atoms with E-state index in [1.807, 2.05) is 18.7 Å². The van der Waals surface area contributed by atoms with Gasteiger partial charge in [0.15, 0.2) is 0 Å². The maximum Gasteiger partial charge on any atom is 0.244 e. The van der Waals surface area contributed by atoms with Gasteiger partial charge in [-0.05, 0) is 19.9 Å². The zero-order valence-electron chi connectivity index (χ0n) is 13.2. The van der Waals surface area contributed by atoms with E-state index in [0.717, 1.165) is 24.5 Å². The van der Waals surface area contributed by atoms with Crippen LogP contribution in [0.15, 0.2) is 18.5 Å². The summed E-state index contributed by atoms with van der Waals surface area (Å²) in [6.45, 7) is 6.71. The molecule has 122 valence electrons. The van der Waals surface area contributed by atoms with Crippen LogP contribution in [0.2, 0.25) is 5.02 Å². The summed E-state index contributed by atoms with van der Waals surface area (Å²) in [4.78, 5) is 24.9. The molecule has 23 heavy (non-hydrogen) atoms. The monoisotopic (exact) mass is 334 g/mol. The van der Waals surface area contributed by atoms with Crippen molar-refractivity contribution in [2.75, 3.05) is 31.1 Å². The minimum atomic E-state index is 0.0564. The largest absolute Gasteiger partial charge is 0.338 e. The molecule has 3 rings (SSSR count). The molecule has 0 N–H and O–H groups in total. The molecule has 1 fully saturated rings. The first-order valence-electron chi connectivity index (χ1n) is 7.55. The fraction of sp³-hybridized carbons (Fsp3) is 0.467. The Labute approximate surface area is 139 Å². The first-order chi connectivity index (χ1) is 11.1. The molecule has 1 aliphatic rings. The Hall–Kier alpha value is -2.15. The molecule has 8 heteroatoms. The Kier molecular flexibility index (Phi) is 4.47. The first kappa shape index (κ1) is 15.7. The van der Waals surface area contributed by atoms with Crippen LogP contribution in [0.3, 0.4) is 0 Å². The highest BCUT2D eigenvalue weighted by Crippen LogP contribution is 2.19. The highest BCUT2D eigenvalue weighted by Gasteiger charge is 2.23. The topological polar surface area (TPSA) is 67.2 Å². The maximum absolute atomic E-state index is 12.5. The Morgan fingerprint density at radius 3 is 2.39 bits per heavy atom. The average Bonchev–Trinajstić information content (AvgIpc) is 2.83. The normalized spacial score (nSPS) is 15.1. The number of hydrogen-bond donors (Lipinski definition) is 0. The van der Waals surface area contributed by atoms with Gasteiger partial charge >= 0.3 is 0 Å². The lowest BCUT2D eigenvalue weighted by molar-refractivity contribution is -0.132. The molecule has 3 heterocycles. The number of anilines is 1. The molecule has 0 aromatic carbocycles. The lowest BCUT2D eigenvalue weighted by Gasteiger charge is -2.34. The van der Waals surface area contributed by atoms with Gasteiger partial charge in [-0.15, -0.1) is 0 Å². The van der Waals surface area contributed by atoms with Crippen LogP contribution in [0.5, 0.6) is 0 Å². The van der Waals surface area contributed by atoms with Crippen LogP contribution in [-0.4, -0.2) is 56.7 Å². The van der Waals surface area contributed by atoms with Gasteiger partial charge in [0.2, 0.25) is 11.9 Å². The Morgan fingerprint density at radius 2 is 1.83 bits per heavy atom. The van der Waals surface area contributed by atoms with Crippen molar-refractivity contribution in [1.29, 1.82) is 0 Å². The van der Waals surface area contributed by atoms with E-state index in [1.165, 1.54) is 0 Å². The summed E-state index contributed by atoms with van der Waals surface area (Å²) in [5.74, 6) is 0.769. The summed E-state index contributed by atoms with van der Waals surface area (Å²) < 4.78 is 1.67.